The van der Waals surface area contributed by atoms with Crippen LogP contribution in [0.2, 0.25) is 0 Å². The zero-order chi connectivity index (χ0) is 23.9. The highest BCUT2D eigenvalue weighted by Crippen LogP contribution is 2.29. The molecule has 0 saturated heterocycles. The number of carbonyl (C=O) groups excluding carboxylic acids is 2. The summed E-state index contributed by atoms with van der Waals surface area (Å²) in [6.45, 7) is 0. The maximum Gasteiger partial charge on any atom is 0.343 e. The van der Waals surface area contributed by atoms with Gasteiger partial charge in [0.1, 0.15) is 0 Å². The highest BCUT2D eigenvalue weighted by molar-refractivity contribution is 9.10. The van der Waals surface area contributed by atoms with Gasteiger partial charge in [-0.3, -0.25) is 4.79 Å². The molecule has 0 radical (unpaired) electrons. The molecule has 0 unspecified atom stereocenters. The Hall–Kier alpha value is -3.97. The number of methoxy groups -OCH3 is 1. The molecule has 0 atom stereocenters. The number of carbonyl (C=O) groups is 2. The van der Waals surface area contributed by atoms with E-state index in [2.05, 4.69) is 26.5 Å². The number of benzene rings is 4. The largest absolute Gasteiger partial charge is 0.493 e. The molecule has 1 amide bonds. The molecule has 0 spiro atoms. The minimum Gasteiger partial charge on any atom is -0.493 e. The van der Waals surface area contributed by atoms with Gasteiger partial charge < -0.3 is 9.47 Å². The van der Waals surface area contributed by atoms with Crippen molar-refractivity contribution in [1.82, 2.24) is 5.43 Å². The first-order valence-corrected chi connectivity index (χ1v) is 11.3. The van der Waals surface area contributed by atoms with Crippen molar-refractivity contribution in [3.05, 3.63) is 106 Å². The molecule has 0 aliphatic carbocycles. The number of rotatable bonds is 7. The molecule has 0 aliphatic heterocycles. The van der Waals surface area contributed by atoms with Crippen LogP contribution in [-0.4, -0.2) is 25.2 Å². The van der Waals surface area contributed by atoms with E-state index in [-0.39, 0.29) is 12.3 Å². The molecule has 4 rings (SSSR count). The lowest BCUT2D eigenvalue weighted by molar-refractivity contribution is -0.120. The lowest BCUT2D eigenvalue weighted by Crippen LogP contribution is -2.19. The summed E-state index contributed by atoms with van der Waals surface area (Å²) in [4.78, 5) is 24.8. The quantitative estimate of drug-likeness (QED) is 0.152. The minimum atomic E-state index is -0.479. The molecule has 4 aromatic carbocycles. The highest BCUT2D eigenvalue weighted by atomic mass is 79.9. The van der Waals surface area contributed by atoms with Gasteiger partial charge in [0.25, 0.3) is 0 Å². The van der Waals surface area contributed by atoms with Crippen molar-refractivity contribution in [2.75, 3.05) is 7.11 Å². The standard InChI is InChI=1S/C27H21BrN2O4/c1-33-25-15-18(11-14-24(25)34-27(32)19-7-3-2-4-8-19)17-29-30-26(31)16-20-12-13-23(28)22-10-6-5-9-21(20)22/h2-15,17H,16H2,1H3,(H,30,31). The monoisotopic (exact) mass is 516 g/mol. The SMILES string of the molecule is COc1cc(C=NNC(=O)Cc2ccc(Br)c3ccccc23)ccc1OC(=O)c1ccccc1. The molecule has 0 heterocycles. The summed E-state index contributed by atoms with van der Waals surface area (Å²) in [5.74, 6) is -0.0438. The van der Waals surface area contributed by atoms with Crippen LogP contribution in [-0.2, 0) is 11.2 Å². The first kappa shape index (κ1) is 23.2. The maximum atomic E-state index is 12.4. The van der Waals surface area contributed by atoms with Crippen LogP contribution in [0.25, 0.3) is 10.8 Å². The molecule has 4 aromatic rings. The predicted octanol–water partition coefficient (Wildman–Crippen LogP) is 5.52. The molecule has 7 heteroatoms. The first-order chi connectivity index (χ1) is 16.5. The summed E-state index contributed by atoms with van der Waals surface area (Å²) in [6.07, 6.45) is 1.70. The van der Waals surface area contributed by atoms with E-state index < -0.39 is 5.97 Å². The van der Waals surface area contributed by atoms with Gasteiger partial charge in [0.15, 0.2) is 11.5 Å². The van der Waals surface area contributed by atoms with Gasteiger partial charge >= 0.3 is 5.97 Å². The minimum absolute atomic E-state index is 0.197. The van der Waals surface area contributed by atoms with E-state index in [0.29, 0.717) is 22.6 Å². The number of hydrogen-bond acceptors (Lipinski definition) is 5. The number of esters is 1. The summed E-state index contributed by atoms with van der Waals surface area (Å²) in [6, 6.07) is 25.5. The second kappa shape index (κ2) is 10.8. The summed E-state index contributed by atoms with van der Waals surface area (Å²) >= 11 is 3.54. The molecule has 0 aromatic heterocycles. The molecule has 0 saturated carbocycles. The van der Waals surface area contributed by atoms with Gasteiger partial charge in [-0.2, -0.15) is 5.10 Å². The average molecular weight is 517 g/mol. The number of halogens is 1. The summed E-state index contributed by atoms with van der Waals surface area (Å²) in [5.41, 5.74) is 4.59. The van der Waals surface area contributed by atoms with E-state index in [4.69, 9.17) is 9.47 Å². The van der Waals surface area contributed by atoms with Crippen molar-refractivity contribution < 1.29 is 19.1 Å². The normalized spacial score (nSPS) is 10.9. The number of fused-ring (bicyclic) bond motifs is 1. The van der Waals surface area contributed by atoms with E-state index in [1.807, 2.05) is 42.5 Å². The van der Waals surface area contributed by atoms with Gasteiger partial charge in [-0.25, -0.2) is 10.2 Å². The van der Waals surface area contributed by atoms with Crippen molar-refractivity contribution in [3.8, 4) is 11.5 Å². The van der Waals surface area contributed by atoms with Crippen molar-refractivity contribution in [1.29, 1.82) is 0 Å². The smallest absolute Gasteiger partial charge is 0.343 e. The molecule has 0 aliphatic rings. The fraction of sp³-hybridized carbons (Fsp3) is 0.0741. The third kappa shape index (κ3) is 5.50. The Morgan fingerprint density at radius 2 is 1.65 bits per heavy atom. The molecule has 1 N–H and O–H groups in total. The number of nitrogens with zero attached hydrogens (tertiary/aromatic N) is 1. The summed E-state index contributed by atoms with van der Waals surface area (Å²) in [7, 11) is 1.49. The molecular formula is C27H21BrN2O4. The zero-order valence-corrected chi connectivity index (χ0v) is 19.9. The van der Waals surface area contributed by atoms with E-state index in [1.165, 1.54) is 13.3 Å². The Bertz CT molecular complexity index is 1370. The third-order valence-corrected chi connectivity index (χ3v) is 5.81. The zero-order valence-electron chi connectivity index (χ0n) is 18.3. The maximum absolute atomic E-state index is 12.4. The third-order valence-electron chi connectivity index (χ3n) is 5.11. The number of nitrogens with one attached hydrogen (secondary N) is 1. The van der Waals surface area contributed by atoms with Gasteiger partial charge in [-0.1, -0.05) is 64.5 Å². The van der Waals surface area contributed by atoms with Crippen LogP contribution in [0.5, 0.6) is 11.5 Å². The fourth-order valence-electron chi connectivity index (χ4n) is 3.45. The Morgan fingerprint density at radius 3 is 2.41 bits per heavy atom. The van der Waals surface area contributed by atoms with Crippen LogP contribution < -0.4 is 14.9 Å². The topological polar surface area (TPSA) is 77.0 Å². The number of amides is 1. The van der Waals surface area contributed by atoms with Crippen LogP contribution in [0, 0.1) is 0 Å². The van der Waals surface area contributed by atoms with Crippen LogP contribution in [0.3, 0.4) is 0 Å². The fourth-order valence-corrected chi connectivity index (χ4v) is 3.93. The van der Waals surface area contributed by atoms with Gasteiger partial charge in [0, 0.05) is 4.47 Å². The molecular weight excluding hydrogens is 496 g/mol. The predicted molar refractivity (Wildman–Crippen MR) is 135 cm³/mol. The number of ether oxygens (including phenoxy) is 2. The Kier molecular flexibility index (Phi) is 7.34. The molecule has 0 bridgehead atoms. The van der Waals surface area contributed by atoms with E-state index in [0.717, 1.165) is 20.8 Å². The molecule has 34 heavy (non-hydrogen) atoms. The number of hydrogen-bond donors (Lipinski definition) is 1. The van der Waals surface area contributed by atoms with Crippen molar-refractivity contribution >= 4 is 44.8 Å². The van der Waals surface area contributed by atoms with E-state index in [1.54, 1.807) is 42.5 Å². The van der Waals surface area contributed by atoms with Gasteiger partial charge in [-0.05, 0) is 58.3 Å². The van der Waals surface area contributed by atoms with Crippen molar-refractivity contribution in [2.45, 2.75) is 6.42 Å². The second-order valence-electron chi connectivity index (χ2n) is 7.39. The Labute approximate surface area is 205 Å². The van der Waals surface area contributed by atoms with Crippen molar-refractivity contribution in [3.63, 3.8) is 0 Å². The second-order valence-corrected chi connectivity index (χ2v) is 8.24. The summed E-state index contributed by atoms with van der Waals surface area (Å²) < 4.78 is 11.8. The average Bonchev–Trinajstić information content (AvgIpc) is 2.87. The lowest BCUT2D eigenvalue weighted by atomic mass is 10.0. The molecule has 0 fully saturated rings. The van der Waals surface area contributed by atoms with Gasteiger partial charge in [0.2, 0.25) is 5.91 Å². The Balaban J connectivity index is 1.40. The van der Waals surface area contributed by atoms with Crippen LogP contribution in [0.4, 0.5) is 0 Å². The molecule has 170 valence electrons. The number of hydrazone groups is 1. The molecule has 6 nitrogen and oxygen atoms in total. The Morgan fingerprint density at radius 1 is 0.912 bits per heavy atom. The van der Waals surface area contributed by atoms with Gasteiger partial charge in [0.05, 0.1) is 25.3 Å². The van der Waals surface area contributed by atoms with Gasteiger partial charge in [-0.15, -0.1) is 0 Å². The van der Waals surface area contributed by atoms with E-state index >= 15 is 0 Å². The lowest BCUT2D eigenvalue weighted by Gasteiger charge is -2.10. The summed E-state index contributed by atoms with van der Waals surface area (Å²) in [5, 5.41) is 6.12. The highest BCUT2D eigenvalue weighted by Gasteiger charge is 2.13. The van der Waals surface area contributed by atoms with Crippen LogP contribution in [0.15, 0.2) is 94.5 Å². The van der Waals surface area contributed by atoms with Crippen LogP contribution >= 0.6 is 15.9 Å². The van der Waals surface area contributed by atoms with Crippen LogP contribution in [0.1, 0.15) is 21.5 Å². The van der Waals surface area contributed by atoms with E-state index in [9.17, 15) is 9.59 Å². The first-order valence-electron chi connectivity index (χ1n) is 10.5. The van der Waals surface area contributed by atoms with Crippen molar-refractivity contribution in [2.24, 2.45) is 5.10 Å².